The van der Waals surface area contributed by atoms with E-state index in [-0.39, 0.29) is 11.4 Å². The minimum Gasteiger partial charge on any atom is -0.476 e. The highest BCUT2D eigenvalue weighted by Gasteiger charge is 2.31. The van der Waals surface area contributed by atoms with Gasteiger partial charge in [-0.15, -0.1) is 0 Å². The van der Waals surface area contributed by atoms with Crippen molar-refractivity contribution in [2.45, 2.75) is 25.4 Å². The lowest BCUT2D eigenvalue weighted by Gasteiger charge is -2.10. The molecule has 1 aromatic heterocycles. The molecule has 0 fully saturated rings. The molecule has 0 saturated heterocycles. The highest BCUT2D eigenvalue weighted by Crippen LogP contribution is 2.32. The van der Waals surface area contributed by atoms with Gasteiger partial charge in [-0.1, -0.05) is 6.07 Å². The number of hydrogen-bond acceptors (Lipinski definition) is 2. The Morgan fingerprint density at radius 1 is 1.29 bits per heavy atom. The fourth-order valence-electron chi connectivity index (χ4n) is 2.64. The lowest BCUT2D eigenvalue weighted by molar-refractivity contribution is -0.137. The van der Waals surface area contributed by atoms with Gasteiger partial charge in [0.25, 0.3) is 0 Å². The summed E-state index contributed by atoms with van der Waals surface area (Å²) < 4.78 is 39.6. The number of hydrogen-bond donors (Lipinski definition) is 1. The van der Waals surface area contributed by atoms with E-state index in [0.29, 0.717) is 24.1 Å². The van der Waals surface area contributed by atoms with E-state index in [0.717, 1.165) is 18.6 Å². The number of aromatic nitrogens is 2. The van der Waals surface area contributed by atoms with E-state index in [2.05, 4.69) is 5.10 Å². The van der Waals surface area contributed by atoms with Crippen molar-refractivity contribution in [2.24, 2.45) is 0 Å². The van der Waals surface area contributed by atoms with Gasteiger partial charge < -0.3 is 5.11 Å². The number of nitrogens with zero attached hydrogens (tertiary/aromatic N) is 2. The Morgan fingerprint density at radius 2 is 2.05 bits per heavy atom. The van der Waals surface area contributed by atoms with Crippen LogP contribution >= 0.6 is 0 Å². The first-order valence-corrected chi connectivity index (χ1v) is 6.39. The van der Waals surface area contributed by atoms with Gasteiger partial charge in [-0.3, -0.25) is 0 Å². The monoisotopic (exact) mass is 296 g/mol. The van der Waals surface area contributed by atoms with E-state index >= 15 is 0 Å². The number of aromatic carboxylic acids is 1. The zero-order valence-electron chi connectivity index (χ0n) is 10.8. The maximum atomic E-state index is 12.8. The molecule has 1 aromatic carbocycles. The average Bonchev–Trinajstić information content (AvgIpc) is 2.98. The van der Waals surface area contributed by atoms with E-state index in [4.69, 9.17) is 5.11 Å². The van der Waals surface area contributed by atoms with Crippen molar-refractivity contribution in [1.29, 1.82) is 0 Å². The molecule has 21 heavy (non-hydrogen) atoms. The molecular formula is C14H11F3N2O2. The molecule has 1 aliphatic carbocycles. The molecule has 7 heteroatoms. The number of alkyl halides is 3. The van der Waals surface area contributed by atoms with Gasteiger partial charge in [-0.25, -0.2) is 9.48 Å². The van der Waals surface area contributed by atoms with Crippen LogP contribution in [0.5, 0.6) is 0 Å². The van der Waals surface area contributed by atoms with Gasteiger partial charge in [0.1, 0.15) is 0 Å². The first kappa shape index (κ1) is 13.7. The predicted octanol–water partition coefficient (Wildman–Crippen LogP) is 3.08. The number of halogens is 3. The average molecular weight is 296 g/mol. The number of carboxylic acids is 1. The number of carboxylic acid groups (broad SMARTS) is 1. The Balaban J connectivity index is 2.14. The molecule has 0 amide bonds. The van der Waals surface area contributed by atoms with Crippen LogP contribution in [0.15, 0.2) is 24.3 Å². The molecule has 0 spiro atoms. The van der Waals surface area contributed by atoms with Crippen molar-refractivity contribution in [2.75, 3.05) is 0 Å². The molecule has 1 aliphatic rings. The second-order valence-corrected chi connectivity index (χ2v) is 4.89. The first-order chi connectivity index (χ1) is 9.88. The third kappa shape index (κ3) is 2.28. The zero-order chi connectivity index (χ0) is 15.2. The van der Waals surface area contributed by atoms with Crippen LogP contribution < -0.4 is 0 Å². The van der Waals surface area contributed by atoms with Crippen molar-refractivity contribution < 1.29 is 23.1 Å². The quantitative estimate of drug-likeness (QED) is 0.926. The molecule has 0 radical (unpaired) electrons. The maximum Gasteiger partial charge on any atom is 0.416 e. The molecular weight excluding hydrogens is 285 g/mol. The Labute approximate surface area is 117 Å². The van der Waals surface area contributed by atoms with Crippen LogP contribution in [-0.2, 0) is 19.0 Å². The third-order valence-corrected chi connectivity index (χ3v) is 3.55. The molecule has 0 unspecified atom stereocenters. The van der Waals surface area contributed by atoms with Gasteiger partial charge in [0.15, 0.2) is 5.69 Å². The van der Waals surface area contributed by atoms with Crippen LogP contribution in [0.3, 0.4) is 0 Å². The van der Waals surface area contributed by atoms with E-state index in [1.807, 2.05) is 0 Å². The van der Waals surface area contributed by atoms with Gasteiger partial charge in [-0.05, 0) is 37.5 Å². The molecule has 3 rings (SSSR count). The molecule has 0 saturated carbocycles. The van der Waals surface area contributed by atoms with E-state index in [1.165, 1.54) is 16.8 Å². The summed E-state index contributed by atoms with van der Waals surface area (Å²) in [6, 6.07) is 4.75. The normalized spacial score (nSPS) is 14.2. The lowest BCUT2D eigenvalue weighted by atomic mass is 10.2. The van der Waals surface area contributed by atoms with Crippen molar-refractivity contribution in [1.82, 2.24) is 9.78 Å². The van der Waals surface area contributed by atoms with Crippen molar-refractivity contribution >= 4 is 5.97 Å². The smallest absolute Gasteiger partial charge is 0.416 e. The Hall–Kier alpha value is -2.31. The van der Waals surface area contributed by atoms with Gasteiger partial charge in [0, 0.05) is 11.3 Å². The largest absolute Gasteiger partial charge is 0.476 e. The highest BCUT2D eigenvalue weighted by atomic mass is 19.4. The van der Waals surface area contributed by atoms with E-state index in [1.54, 1.807) is 0 Å². The Bertz CT molecular complexity index is 719. The minimum absolute atomic E-state index is 0.0695. The number of carbonyl (C=O) groups is 1. The SMILES string of the molecule is O=C(O)c1nn(-c2cccc(C(F)(F)F)c2)c2c1CCC2. The summed E-state index contributed by atoms with van der Waals surface area (Å²) in [6.07, 6.45) is -2.45. The number of fused-ring (bicyclic) bond motifs is 1. The zero-order valence-corrected chi connectivity index (χ0v) is 10.8. The maximum absolute atomic E-state index is 12.8. The first-order valence-electron chi connectivity index (χ1n) is 6.39. The van der Waals surface area contributed by atoms with E-state index in [9.17, 15) is 18.0 Å². The molecule has 0 aliphatic heterocycles. The topological polar surface area (TPSA) is 55.1 Å². The standard InChI is InChI=1S/C14H11F3N2O2/c15-14(16,17)8-3-1-4-9(7-8)19-11-6-2-5-10(11)12(18-19)13(20)21/h1,3-4,7H,2,5-6H2,(H,20,21). The summed E-state index contributed by atoms with van der Waals surface area (Å²) in [5.41, 5.74) is 0.696. The van der Waals surface area contributed by atoms with Crippen LogP contribution in [0.4, 0.5) is 13.2 Å². The molecule has 0 bridgehead atoms. The molecule has 1 N–H and O–H groups in total. The van der Waals surface area contributed by atoms with Crippen molar-refractivity contribution in [3.8, 4) is 5.69 Å². The number of benzene rings is 1. The minimum atomic E-state index is -4.44. The van der Waals surface area contributed by atoms with Gasteiger partial charge in [0.05, 0.1) is 11.3 Å². The van der Waals surface area contributed by atoms with E-state index < -0.39 is 17.7 Å². The fraction of sp³-hybridized carbons (Fsp3) is 0.286. The molecule has 2 aromatic rings. The Morgan fingerprint density at radius 3 is 2.71 bits per heavy atom. The second kappa shape index (κ2) is 4.61. The predicted molar refractivity (Wildman–Crippen MR) is 67.6 cm³/mol. The van der Waals surface area contributed by atoms with Crippen molar-refractivity contribution in [3.63, 3.8) is 0 Å². The third-order valence-electron chi connectivity index (χ3n) is 3.55. The second-order valence-electron chi connectivity index (χ2n) is 4.89. The molecule has 0 atom stereocenters. The molecule has 1 heterocycles. The Kier molecular flexibility index (Phi) is 3.00. The van der Waals surface area contributed by atoms with Gasteiger partial charge >= 0.3 is 12.1 Å². The molecule has 4 nitrogen and oxygen atoms in total. The van der Waals surface area contributed by atoms with Gasteiger partial charge in [0.2, 0.25) is 0 Å². The van der Waals surface area contributed by atoms with Gasteiger partial charge in [-0.2, -0.15) is 18.3 Å². The van der Waals surface area contributed by atoms with Crippen LogP contribution in [0, 0.1) is 0 Å². The lowest BCUT2D eigenvalue weighted by Crippen LogP contribution is -2.08. The highest BCUT2D eigenvalue weighted by molar-refractivity contribution is 5.87. The van der Waals surface area contributed by atoms with Crippen LogP contribution in [-0.4, -0.2) is 20.9 Å². The van der Waals surface area contributed by atoms with Crippen molar-refractivity contribution in [3.05, 3.63) is 46.8 Å². The summed E-state index contributed by atoms with van der Waals surface area (Å²) in [7, 11) is 0. The van der Waals surface area contributed by atoms with Crippen LogP contribution in [0.1, 0.15) is 33.7 Å². The number of rotatable bonds is 2. The summed E-state index contributed by atoms with van der Waals surface area (Å²) in [6.45, 7) is 0. The van der Waals surface area contributed by atoms with Crippen LogP contribution in [0.25, 0.3) is 5.69 Å². The van der Waals surface area contributed by atoms with Crippen LogP contribution in [0.2, 0.25) is 0 Å². The molecule has 110 valence electrons. The summed E-state index contributed by atoms with van der Waals surface area (Å²) in [4.78, 5) is 11.2. The fourth-order valence-corrected chi connectivity index (χ4v) is 2.64. The summed E-state index contributed by atoms with van der Waals surface area (Å²) in [5, 5.41) is 13.1. The summed E-state index contributed by atoms with van der Waals surface area (Å²) in [5.74, 6) is -1.15. The summed E-state index contributed by atoms with van der Waals surface area (Å²) >= 11 is 0.